The predicted molar refractivity (Wildman–Crippen MR) is 89.4 cm³/mol. The summed E-state index contributed by atoms with van der Waals surface area (Å²) in [4.78, 5) is 11.9. The number of nitrogen functional groups attached to an aromatic ring is 1. The number of amides is 1. The highest BCUT2D eigenvalue weighted by atomic mass is 35.5. The van der Waals surface area contributed by atoms with Crippen LogP contribution in [0.5, 0.6) is 0 Å². The van der Waals surface area contributed by atoms with Crippen LogP contribution in [0.4, 0.5) is 11.4 Å². The van der Waals surface area contributed by atoms with Crippen LogP contribution >= 0.6 is 11.6 Å². The van der Waals surface area contributed by atoms with Crippen LogP contribution in [0.15, 0.2) is 42.5 Å². The van der Waals surface area contributed by atoms with Gasteiger partial charge < -0.3 is 11.1 Å². The fourth-order valence-electron chi connectivity index (χ4n) is 1.84. The van der Waals surface area contributed by atoms with Crippen molar-refractivity contribution in [2.75, 3.05) is 11.1 Å². The molecule has 0 aromatic heterocycles. The summed E-state index contributed by atoms with van der Waals surface area (Å²) in [7, 11) is 0. The highest BCUT2D eigenvalue weighted by Crippen LogP contribution is 2.20. The number of aryl methyl sites for hydroxylation is 2. The van der Waals surface area contributed by atoms with Crippen molar-refractivity contribution in [2.45, 2.75) is 13.8 Å². The molecule has 0 saturated carbocycles. The molecule has 0 aliphatic carbocycles. The lowest BCUT2D eigenvalue weighted by atomic mass is 10.1. The average Bonchev–Trinajstić information content (AvgIpc) is 2.44. The van der Waals surface area contributed by atoms with Crippen molar-refractivity contribution in [2.24, 2.45) is 0 Å². The van der Waals surface area contributed by atoms with E-state index in [1.165, 1.54) is 6.08 Å². The van der Waals surface area contributed by atoms with Gasteiger partial charge in [-0.2, -0.15) is 0 Å². The fraction of sp³-hybridized carbons (Fsp3) is 0.118. The van der Waals surface area contributed by atoms with E-state index in [0.29, 0.717) is 16.4 Å². The monoisotopic (exact) mass is 300 g/mol. The standard InChI is InChI=1S/C17H17ClN2O/c1-11-3-5-13(9-15(11)19)6-8-17(21)20-16-10-14(18)7-4-12(16)2/h3-10H,19H2,1-2H3,(H,20,21)/b8-6+. The first-order valence-corrected chi connectivity index (χ1v) is 6.95. The van der Waals surface area contributed by atoms with Crippen LogP contribution in [0.1, 0.15) is 16.7 Å². The van der Waals surface area contributed by atoms with Crippen molar-refractivity contribution in [3.63, 3.8) is 0 Å². The summed E-state index contributed by atoms with van der Waals surface area (Å²) in [6.45, 7) is 3.85. The Balaban J connectivity index is 2.09. The Morgan fingerprint density at radius 3 is 2.57 bits per heavy atom. The second-order valence-corrected chi connectivity index (χ2v) is 5.33. The third-order valence-electron chi connectivity index (χ3n) is 3.19. The lowest BCUT2D eigenvalue weighted by Gasteiger charge is -2.06. The molecule has 3 N–H and O–H groups in total. The molecule has 0 atom stereocenters. The highest BCUT2D eigenvalue weighted by Gasteiger charge is 2.02. The molecule has 0 spiro atoms. The van der Waals surface area contributed by atoms with E-state index in [2.05, 4.69) is 5.32 Å². The van der Waals surface area contributed by atoms with Gasteiger partial charge in [0.25, 0.3) is 0 Å². The molecule has 0 heterocycles. The van der Waals surface area contributed by atoms with Gasteiger partial charge in [0.1, 0.15) is 0 Å². The lowest BCUT2D eigenvalue weighted by Crippen LogP contribution is -2.08. The Morgan fingerprint density at radius 1 is 1.14 bits per heavy atom. The van der Waals surface area contributed by atoms with E-state index in [0.717, 1.165) is 16.7 Å². The smallest absolute Gasteiger partial charge is 0.248 e. The van der Waals surface area contributed by atoms with Gasteiger partial charge in [-0.3, -0.25) is 4.79 Å². The van der Waals surface area contributed by atoms with Crippen LogP contribution in [0.2, 0.25) is 5.02 Å². The molecular weight excluding hydrogens is 284 g/mol. The highest BCUT2D eigenvalue weighted by molar-refractivity contribution is 6.31. The van der Waals surface area contributed by atoms with Gasteiger partial charge in [0.05, 0.1) is 0 Å². The Morgan fingerprint density at radius 2 is 1.86 bits per heavy atom. The van der Waals surface area contributed by atoms with E-state index in [-0.39, 0.29) is 5.91 Å². The van der Waals surface area contributed by atoms with Crippen molar-refractivity contribution in [1.29, 1.82) is 0 Å². The predicted octanol–water partition coefficient (Wildman–Crippen LogP) is 4.19. The SMILES string of the molecule is Cc1ccc(/C=C/C(=O)Nc2cc(Cl)ccc2C)cc1N. The number of nitrogens with one attached hydrogen (secondary N) is 1. The molecule has 2 aromatic carbocycles. The molecule has 0 aliphatic heterocycles. The Bertz CT molecular complexity index is 708. The van der Waals surface area contributed by atoms with Gasteiger partial charge in [-0.25, -0.2) is 0 Å². The maximum absolute atomic E-state index is 11.9. The fourth-order valence-corrected chi connectivity index (χ4v) is 2.01. The molecule has 3 nitrogen and oxygen atoms in total. The summed E-state index contributed by atoms with van der Waals surface area (Å²) >= 11 is 5.92. The molecule has 2 rings (SSSR count). The second-order valence-electron chi connectivity index (χ2n) is 4.90. The minimum Gasteiger partial charge on any atom is -0.398 e. The first-order valence-electron chi connectivity index (χ1n) is 6.57. The first-order chi connectivity index (χ1) is 9.95. The second kappa shape index (κ2) is 6.46. The van der Waals surface area contributed by atoms with E-state index in [4.69, 9.17) is 17.3 Å². The first kappa shape index (κ1) is 15.1. The third-order valence-corrected chi connectivity index (χ3v) is 3.42. The van der Waals surface area contributed by atoms with Crippen molar-refractivity contribution in [1.82, 2.24) is 0 Å². The van der Waals surface area contributed by atoms with Gasteiger partial charge in [0.2, 0.25) is 5.91 Å². The Kier molecular flexibility index (Phi) is 4.66. The third kappa shape index (κ3) is 4.10. The summed E-state index contributed by atoms with van der Waals surface area (Å²) in [5, 5.41) is 3.39. The minimum absolute atomic E-state index is 0.209. The van der Waals surface area contributed by atoms with Crippen molar-refractivity contribution >= 4 is 35.0 Å². The van der Waals surface area contributed by atoms with Crippen LogP contribution < -0.4 is 11.1 Å². The normalized spacial score (nSPS) is 10.8. The molecular formula is C17H17ClN2O. The molecule has 1 amide bonds. The average molecular weight is 301 g/mol. The van der Waals surface area contributed by atoms with Gasteiger partial charge in [0, 0.05) is 22.5 Å². The number of rotatable bonds is 3. The van der Waals surface area contributed by atoms with Crippen LogP contribution in [0.25, 0.3) is 6.08 Å². The van der Waals surface area contributed by atoms with Crippen LogP contribution in [-0.2, 0) is 4.79 Å². The van der Waals surface area contributed by atoms with E-state index in [9.17, 15) is 4.79 Å². The van der Waals surface area contributed by atoms with E-state index in [1.807, 2.05) is 38.1 Å². The summed E-state index contributed by atoms with van der Waals surface area (Å²) in [6, 6.07) is 11.1. The molecule has 0 aliphatic rings. The van der Waals surface area contributed by atoms with E-state index < -0.39 is 0 Å². The molecule has 0 radical (unpaired) electrons. The molecule has 21 heavy (non-hydrogen) atoms. The number of anilines is 2. The van der Waals surface area contributed by atoms with Gasteiger partial charge in [-0.15, -0.1) is 0 Å². The topological polar surface area (TPSA) is 55.1 Å². The molecule has 0 fully saturated rings. The molecule has 0 bridgehead atoms. The van der Waals surface area contributed by atoms with Crippen molar-refractivity contribution in [3.8, 4) is 0 Å². The summed E-state index contributed by atoms with van der Waals surface area (Å²) in [6.07, 6.45) is 3.20. The molecule has 0 saturated heterocycles. The zero-order valence-corrected chi connectivity index (χ0v) is 12.7. The van der Waals surface area contributed by atoms with Gasteiger partial charge in [-0.1, -0.05) is 29.8 Å². The maximum atomic E-state index is 11.9. The van der Waals surface area contributed by atoms with Crippen molar-refractivity contribution in [3.05, 3.63) is 64.2 Å². The Hall–Kier alpha value is -2.26. The molecule has 0 unspecified atom stereocenters. The van der Waals surface area contributed by atoms with Crippen LogP contribution in [0.3, 0.4) is 0 Å². The number of carbonyl (C=O) groups excluding carboxylic acids is 1. The Labute approximate surface area is 129 Å². The molecule has 108 valence electrons. The van der Waals surface area contributed by atoms with E-state index in [1.54, 1.807) is 18.2 Å². The zero-order chi connectivity index (χ0) is 15.4. The number of hydrogen-bond acceptors (Lipinski definition) is 2. The molecule has 4 heteroatoms. The van der Waals surface area contributed by atoms with Gasteiger partial charge in [-0.05, 0) is 54.8 Å². The van der Waals surface area contributed by atoms with Gasteiger partial charge in [0.15, 0.2) is 0 Å². The number of benzene rings is 2. The summed E-state index contributed by atoms with van der Waals surface area (Å²) in [5.41, 5.74) is 10.1. The number of hydrogen-bond donors (Lipinski definition) is 2. The number of carbonyl (C=O) groups is 1. The van der Waals surface area contributed by atoms with Crippen LogP contribution in [-0.4, -0.2) is 5.91 Å². The number of nitrogens with two attached hydrogens (primary N) is 1. The quantitative estimate of drug-likeness (QED) is 0.659. The van der Waals surface area contributed by atoms with Crippen LogP contribution in [0, 0.1) is 13.8 Å². The lowest BCUT2D eigenvalue weighted by molar-refractivity contribution is -0.111. The summed E-state index contributed by atoms with van der Waals surface area (Å²) < 4.78 is 0. The largest absolute Gasteiger partial charge is 0.398 e. The van der Waals surface area contributed by atoms with E-state index >= 15 is 0 Å². The number of halogens is 1. The zero-order valence-electron chi connectivity index (χ0n) is 12.0. The van der Waals surface area contributed by atoms with Gasteiger partial charge >= 0.3 is 0 Å². The minimum atomic E-state index is -0.209. The summed E-state index contributed by atoms with van der Waals surface area (Å²) in [5.74, 6) is -0.209. The van der Waals surface area contributed by atoms with Crippen molar-refractivity contribution < 1.29 is 4.79 Å². The molecule has 2 aromatic rings. The maximum Gasteiger partial charge on any atom is 0.248 e.